The summed E-state index contributed by atoms with van der Waals surface area (Å²) in [5.74, 6) is 0.106. The maximum Gasteiger partial charge on any atom is 0.257 e. The van der Waals surface area contributed by atoms with Crippen molar-refractivity contribution >= 4 is 15.7 Å². The first-order valence-corrected chi connectivity index (χ1v) is 7.75. The zero-order valence-corrected chi connectivity index (χ0v) is 11.4. The van der Waals surface area contributed by atoms with Crippen molar-refractivity contribution in [3.8, 4) is 0 Å². The quantitative estimate of drug-likeness (QED) is 0.780. The third-order valence-electron chi connectivity index (χ3n) is 3.20. The summed E-state index contributed by atoms with van der Waals surface area (Å²) >= 11 is 0. The van der Waals surface area contributed by atoms with Crippen LogP contribution in [0.2, 0.25) is 0 Å². The highest BCUT2D eigenvalue weighted by molar-refractivity contribution is 7.91. The Balaban J connectivity index is 2.17. The Labute approximate surface area is 106 Å². The summed E-state index contributed by atoms with van der Waals surface area (Å²) in [6.45, 7) is 2.37. The lowest BCUT2D eigenvalue weighted by Gasteiger charge is -2.26. The van der Waals surface area contributed by atoms with Crippen LogP contribution >= 0.6 is 0 Å². The normalized spacial score (nSPS) is 22.0. The van der Waals surface area contributed by atoms with Crippen molar-refractivity contribution in [2.24, 2.45) is 7.05 Å². The first-order chi connectivity index (χ1) is 8.43. The Bertz CT molecular complexity index is 550. The molecule has 1 fully saturated rings. The molecule has 100 valence electrons. The van der Waals surface area contributed by atoms with Crippen LogP contribution in [-0.4, -0.2) is 53.1 Å². The molecule has 1 saturated heterocycles. The average Bonchev–Trinajstić information content (AvgIpc) is 2.86. The van der Waals surface area contributed by atoms with Gasteiger partial charge in [-0.1, -0.05) is 0 Å². The molecule has 1 amide bonds. The predicted molar refractivity (Wildman–Crippen MR) is 67.0 cm³/mol. The Morgan fingerprint density at radius 1 is 1.61 bits per heavy atom. The molecule has 2 rings (SSSR count). The fourth-order valence-corrected chi connectivity index (χ4v) is 4.02. The molecule has 1 atom stereocenters. The van der Waals surface area contributed by atoms with E-state index in [0.29, 0.717) is 18.5 Å². The number of carbonyl (C=O) groups excluding carboxylic acids is 1. The van der Waals surface area contributed by atoms with E-state index in [9.17, 15) is 13.2 Å². The van der Waals surface area contributed by atoms with Gasteiger partial charge in [-0.15, -0.1) is 0 Å². The van der Waals surface area contributed by atoms with Gasteiger partial charge in [-0.05, 0) is 13.3 Å². The van der Waals surface area contributed by atoms with E-state index in [2.05, 4.69) is 5.10 Å². The predicted octanol–water partition coefficient (Wildman–Crippen LogP) is 0.0693. The van der Waals surface area contributed by atoms with Gasteiger partial charge < -0.3 is 4.90 Å². The lowest BCUT2D eigenvalue weighted by atomic mass is 10.2. The monoisotopic (exact) mass is 271 g/mol. The first-order valence-electron chi connectivity index (χ1n) is 5.93. The third kappa shape index (κ3) is 2.55. The number of amides is 1. The molecule has 6 nitrogen and oxygen atoms in total. The number of aryl methyl sites for hydroxylation is 1. The number of nitrogens with zero attached hydrogens (tertiary/aromatic N) is 3. The second kappa shape index (κ2) is 4.72. The van der Waals surface area contributed by atoms with E-state index in [1.165, 1.54) is 6.20 Å². The van der Waals surface area contributed by atoms with Gasteiger partial charge >= 0.3 is 0 Å². The second-order valence-electron chi connectivity index (χ2n) is 4.55. The number of hydrogen-bond donors (Lipinski definition) is 0. The van der Waals surface area contributed by atoms with Crippen LogP contribution in [0.4, 0.5) is 0 Å². The van der Waals surface area contributed by atoms with Gasteiger partial charge in [-0.25, -0.2) is 8.42 Å². The average molecular weight is 271 g/mol. The zero-order valence-electron chi connectivity index (χ0n) is 10.5. The van der Waals surface area contributed by atoms with Gasteiger partial charge in [0.1, 0.15) is 0 Å². The van der Waals surface area contributed by atoms with Gasteiger partial charge in [0, 0.05) is 25.8 Å². The Morgan fingerprint density at radius 3 is 2.78 bits per heavy atom. The molecule has 0 spiro atoms. The maximum absolute atomic E-state index is 12.3. The Hall–Kier alpha value is -1.37. The van der Waals surface area contributed by atoms with E-state index < -0.39 is 9.84 Å². The van der Waals surface area contributed by atoms with Crippen molar-refractivity contribution in [3.05, 3.63) is 18.0 Å². The highest BCUT2D eigenvalue weighted by Gasteiger charge is 2.34. The maximum atomic E-state index is 12.3. The number of rotatable bonds is 3. The van der Waals surface area contributed by atoms with Crippen LogP contribution in [-0.2, 0) is 16.9 Å². The van der Waals surface area contributed by atoms with Gasteiger partial charge in [0.2, 0.25) is 0 Å². The zero-order chi connectivity index (χ0) is 13.3. The topological polar surface area (TPSA) is 72.3 Å². The largest absolute Gasteiger partial charge is 0.335 e. The van der Waals surface area contributed by atoms with Gasteiger partial charge in [0.25, 0.3) is 5.91 Å². The fraction of sp³-hybridized carbons (Fsp3) is 0.636. The van der Waals surface area contributed by atoms with Crippen molar-refractivity contribution in [2.45, 2.75) is 19.4 Å². The van der Waals surface area contributed by atoms with Gasteiger partial charge in [-0.3, -0.25) is 9.48 Å². The second-order valence-corrected chi connectivity index (χ2v) is 6.78. The summed E-state index contributed by atoms with van der Waals surface area (Å²) < 4.78 is 24.5. The molecular formula is C11H17N3O3S. The van der Waals surface area contributed by atoms with Crippen molar-refractivity contribution in [2.75, 3.05) is 18.1 Å². The van der Waals surface area contributed by atoms with Crippen LogP contribution in [0.25, 0.3) is 0 Å². The molecule has 0 N–H and O–H groups in total. The summed E-state index contributed by atoms with van der Waals surface area (Å²) in [6, 6.07) is -0.201. The summed E-state index contributed by atoms with van der Waals surface area (Å²) in [7, 11) is -1.23. The van der Waals surface area contributed by atoms with Gasteiger partial charge in [0.15, 0.2) is 9.84 Å². The molecule has 2 heterocycles. The van der Waals surface area contributed by atoms with E-state index in [4.69, 9.17) is 0 Å². The minimum Gasteiger partial charge on any atom is -0.335 e. The Kier molecular flexibility index (Phi) is 3.43. The van der Waals surface area contributed by atoms with Crippen LogP contribution in [0, 0.1) is 0 Å². The summed E-state index contributed by atoms with van der Waals surface area (Å²) in [6.07, 6.45) is 3.69. The summed E-state index contributed by atoms with van der Waals surface area (Å²) in [5.41, 5.74) is 0.503. The number of hydrogen-bond acceptors (Lipinski definition) is 4. The van der Waals surface area contributed by atoms with E-state index >= 15 is 0 Å². The lowest BCUT2D eigenvalue weighted by molar-refractivity contribution is 0.0708. The molecule has 18 heavy (non-hydrogen) atoms. The summed E-state index contributed by atoms with van der Waals surface area (Å²) in [5, 5.41) is 3.96. The molecule has 1 aromatic rings. The van der Waals surface area contributed by atoms with E-state index in [0.717, 1.165) is 0 Å². The first kappa shape index (κ1) is 13.1. The van der Waals surface area contributed by atoms with Crippen molar-refractivity contribution < 1.29 is 13.2 Å². The molecule has 1 aliphatic rings. The van der Waals surface area contributed by atoms with Crippen LogP contribution < -0.4 is 0 Å². The third-order valence-corrected chi connectivity index (χ3v) is 4.95. The highest BCUT2D eigenvalue weighted by Crippen LogP contribution is 2.19. The van der Waals surface area contributed by atoms with E-state index in [1.54, 1.807) is 22.8 Å². The molecule has 0 bridgehead atoms. The minimum absolute atomic E-state index is 0.0762. The van der Waals surface area contributed by atoms with Crippen molar-refractivity contribution in [3.63, 3.8) is 0 Å². The fourth-order valence-electron chi connectivity index (χ4n) is 2.29. The molecule has 1 aliphatic heterocycles. The van der Waals surface area contributed by atoms with Crippen molar-refractivity contribution in [1.82, 2.24) is 14.7 Å². The minimum atomic E-state index is -2.98. The molecule has 1 unspecified atom stereocenters. The summed E-state index contributed by atoms with van der Waals surface area (Å²) in [4.78, 5) is 13.9. The van der Waals surface area contributed by atoms with Gasteiger partial charge in [-0.2, -0.15) is 5.10 Å². The number of sulfone groups is 1. The highest BCUT2D eigenvalue weighted by atomic mass is 32.2. The lowest BCUT2D eigenvalue weighted by Crippen LogP contribution is -2.40. The molecular weight excluding hydrogens is 254 g/mol. The molecule has 0 saturated carbocycles. The SMILES string of the molecule is CCN(C(=O)c1cnn(C)c1)C1CCS(=O)(=O)C1. The standard InChI is InChI=1S/C11H17N3O3S/c1-3-14(10-4-5-18(16,17)8-10)11(15)9-6-12-13(2)7-9/h6-7,10H,3-5,8H2,1-2H3. The molecule has 0 aliphatic carbocycles. The van der Waals surface area contributed by atoms with Crippen LogP contribution in [0.1, 0.15) is 23.7 Å². The molecule has 1 aromatic heterocycles. The number of carbonyl (C=O) groups is 1. The number of aromatic nitrogens is 2. The smallest absolute Gasteiger partial charge is 0.257 e. The molecule has 7 heteroatoms. The van der Waals surface area contributed by atoms with Crippen LogP contribution in [0.5, 0.6) is 0 Å². The molecule has 0 radical (unpaired) electrons. The van der Waals surface area contributed by atoms with E-state index in [-0.39, 0.29) is 23.5 Å². The molecule has 0 aromatic carbocycles. The van der Waals surface area contributed by atoms with Gasteiger partial charge in [0.05, 0.1) is 23.3 Å². The van der Waals surface area contributed by atoms with Crippen LogP contribution in [0.3, 0.4) is 0 Å². The van der Waals surface area contributed by atoms with E-state index in [1.807, 2.05) is 6.92 Å². The van der Waals surface area contributed by atoms with Crippen LogP contribution in [0.15, 0.2) is 12.4 Å². The Morgan fingerprint density at radius 2 is 2.33 bits per heavy atom. The van der Waals surface area contributed by atoms with Crippen molar-refractivity contribution in [1.29, 1.82) is 0 Å².